The molecule has 1 heterocycles. The van der Waals surface area contributed by atoms with Crippen molar-refractivity contribution in [1.29, 1.82) is 0 Å². The molecule has 1 aliphatic heterocycles. The van der Waals surface area contributed by atoms with E-state index in [1.807, 2.05) is 0 Å². The van der Waals surface area contributed by atoms with Crippen LogP contribution < -0.4 is 5.32 Å². The number of benzene rings is 1. The van der Waals surface area contributed by atoms with Gasteiger partial charge in [0.15, 0.2) is 0 Å². The van der Waals surface area contributed by atoms with Crippen LogP contribution in [0.15, 0.2) is 29.2 Å². The van der Waals surface area contributed by atoms with Gasteiger partial charge in [0, 0.05) is 6.04 Å². The number of sulfonamides is 1. The Morgan fingerprint density at radius 3 is 2.67 bits per heavy atom. The molecule has 1 aromatic carbocycles. The summed E-state index contributed by atoms with van der Waals surface area (Å²) in [6.07, 6.45) is 3.07. The minimum absolute atomic E-state index is 0.0255. The number of hydrogen-bond acceptors (Lipinski definition) is 4. The SMILES string of the molecule is C[C@H]1[C@@H](NC(=O)CN2C(=O)c3ccccc3S2(=O)=O)CCC[C@@H]1C. The highest BCUT2D eigenvalue weighted by Crippen LogP contribution is 2.31. The number of hydrogen-bond donors (Lipinski definition) is 1. The molecular weight excluding hydrogens is 328 g/mol. The molecule has 1 saturated carbocycles. The monoisotopic (exact) mass is 350 g/mol. The molecule has 1 aliphatic carbocycles. The van der Waals surface area contributed by atoms with E-state index in [-0.39, 0.29) is 16.5 Å². The molecule has 3 atom stereocenters. The first-order valence-electron chi connectivity index (χ1n) is 8.28. The maximum Gasteiger partial charge on any atom is 0.269 e. The fraction of sp³-hybridized carbons (Fsp3) is 0.529. The summed E-state index contributed by atoms with van der Waals surface area (Å²) in [5.74, 6) is -0.201. The zero-order valence-corrected chi connectivity index (χ0v) is 14.7. The third kappa shape index (κ3) is 2.81. The number of amides is 2. The second-order valence-electron chi connectivity index (χ2n) is 6.75. The highest BCUT2D eigenvalue weighted by Gasteiger charge is 2.42. The van der Waals surface area contributed by atoms with Gasteiger partial charge < -0.3 is 5.32 Å². The first-order valence-corrected chi connectivity index (χ1v) is 9.72. The lowest BCUT2D eigenvalue weighted by Gasteiger charge is -2.34. The molecule has 0 spiro atoms. The van der Waals surface area contributed by atoms with E-state index in [1.165, 1.54) is 12.1 Å². The number of rotatable bonds is 3. The molecule has 2 aliphatic rings. The van der Waals surface area contributed by atoms with Gasteiger partial charge in [-0.2, -0.15) is 0 Å². The quantitative estimate of drug-likeness (QED) is 0.900. The second kappa shape index (κ2) is 6.20. The molecule has 0 saturated heterocycles. The zero-order chi connectivity index (χ0) is 17.5. The van der Waals surface area contributed by atoms with E-state index >= 15 is 0 Å². The lowest BCUT2D eigenvalue weighted by atomic mass is 9.78. The van der Waals surface area contributed by atoms with Gasteiger partial charge in [-0.15, -0.1) is 0 Å². The molecular formula is C17H22N2O4S. The van der Waals surface area contributed by atoms with Gasteiger partial charge >= 0.3 is 0 Å². The molecule has 1 N–H and O–H groups in total. The van der Waals surface area contributed by atoms with E-state index in [4.69, 9.17) is 0 Å². The van der Waals surface area contributed by atoms with Crippen LogP contribution in [0.1, 0.15) is 43.5 Å². The van der Waals surface area contributed by atoms with Crippen LogP contribution in [-0.2, 0) is 14.8 Å². The molecule has 0 bridgehead atoms. The van der Waals surface area contributed by atoms with Crippen LogP contribution in [0, 0.1) is 11.8 Å². The Labute approximate surface area is 142 Å². The number of fused-ring (bicyclic) bond motifs is 1. The molecule has 0 aromatic heterocycles. The fourth-order valence-corrected chi connectivity index (χ4v) is 5.08. The molecule has 1 fully saturated rings. The van der Waals surface area contributed by atoms with E-state index in [2.05, 4.69) is 19.2 Å². The van der Waals surface area contributed by atoms with Gasteiger partial charge in [0.05, 0.1) is 5.56 Å². The van der Waals surface area contributed by atoms with Gasteiger partial charge in [0.1, 0.15) is 11.4 Å². The largest absolute Gasteiger partial charge is 0.352 e. The van der Waals surface area contributed by atoms with Crippen molar-refractivity contribution in [3.05, 3.63) is 29.8 Å². The third-order valence-electron chi connectivity index (χ3n) is 5.25. The molecule has 3 rings (SSSR count). The maximum absolute atomic E-state index is 12.5. The molecule has 7 heteroatoms. The van der Waals surface area contributed by atoms with Crippen molar-refractivity contribution < 1.29 is 18.0 Å². The Morgan fingerprint density at radius 1 is 1.25 bits per heavy atom. The van der Waals surface area contributed by atoms with Gasteiger partial charge in [-0.05, 0) is 30.4 Å². The minimum atomic E-state index is -3.93. The number of nitrogens with one attached hydrogen (secondary N) is 1. The molecule has 6 nitrogen and oxygen atoms in total. The first-order chi connectivity index (χ1) is 11.3. The Balaban J connectivity index is 1.73. The van der Waals surface area contributed by atoms with Gasteiger partial charge in [0.25, 0.3) is 15.9 Å². The van der Waals surface area contributed by atoms with Crippen LogP contribution in [-0.4, -0.2) is 37.1 Å². The van der Waals surface area contributed by atoms with Crippen molar-refractivity contribution in [2.75, 3.05) is 6.54 Å². The fourth-order valence-electron chi connectivity index (χ4n) is 3.56. The second-order valence-corrected chi connectivity index (χ2v) is 8.59. The summed E-state index contributed by atoms with van der Waals surface area (Å²) >= 11 is 0. The average Bonchev–Trinajstić information content (AvgIpc) is 2.73. The van der Waals surface area contributed by atoms with Crippen LogP contribution in [0.2, 0.25) is 0 Å². The predicted molar refractivity (Wildman–Crippen MR) is 88.8 cm³/mol. The minimum Gasteiger partial charge on any atom is -0.352 e. The van der Waals surface area contributed by atoms with Crippen molar-refractivity contribution in [2.45, 2.75) is 44.0 Å². The smallest absolute Gasteiger partial charge is 0.269 e. The van der Waals surface area contributed by atoms with Gasteiger partial charge in [-0.3, -0.25) is 9.59 Å². The van der Waals surface area contributed by atoms with Gasteiger partial charge in [-0.25, -0.2) is 12.7 Å². The average molecular weight is 350 g/mol. The van der Waals surface area contributed by atoms with Gasteiger partial charge in [-0.1, -0.05) is 38.8 Å². The summed E-state index contributed by atoms with van der Waals surface area (Å²) < 4.78 is 25.6. The Hall–Kier alpha value is -1.89. The lowest BCUT2D eigenvalue weighted by Crippen LogP contribution is -2.48. The Kier molecular flexibility index (Phi) is 4.38. The molecule has 1 aromatic rings. The van der Waals surface area contributed by atoms with Crippen LogP contribution in [0.5, 0.6) is 0 Å². The lowest BCUT2D eigenvalue weighted by molar-refractivity contribution is -0.122. The first kappa shape index (κ1) is 17.0. The molecule has 130 valence electrons. The van der Waals surface area contributed by atoms with Crippen LogP contribution >= 0.6 is 0 Å². The van der Waals surface area contributed by atoms with Crippen LogP contribution in [0.4, 0.5) is 0 Å². The highest BCUT2D eigenvalue weighted by molar-refractivity contribution is 7.90. The molecule has 2 amide bonds. The van der Waals surface area contributed by atoms with E-state index in [0.29, 0.717) is 16.1 Å². The summed E-state index contributed by atoms with van der Waals surface area (Å²) in [6.45, 7) is 3.80. The normalized spacial score (nSPS) is 28.5. The summed E-state index contributed by atoms with van der Waals surface area (Å²) in [5, 5.41) is 2.91. The highest BCUT2D eigenvalue weighted by atomic mass is 32.2. The third-order valence-corrected chi connectivity index (χ3v) is 7.04. The Morgan fingerprint density at radius 2 is 1.96 bits per heavy atom. The van der Waals surface area contributed by atoms with Crippen molar-refractivity contribution >= 4 is 21.8 Å². The maximum atomic E-state index is 12.5. The summed E-state index contributed by atoms with van der Waals surface area (Å²) in [4.78, 5) is 24.6. The van der Waals surface area contributed by atoms with E-state index in [9.17, 15) is 18.0 Å². The molecule has 0 radical (unpaired) electrons. The number of nitrogens with zero attached hydrogens (tertiary/aromatic N) is 1. The van der Waals surface area contributed by atoms with Crippen molar-refractivity contribution in [2.24, 2.45) is 11.8 Å². The van der Waals surface area contributed by atoms with Crippen LogP contribution in [0.3, 0.4) is 0 Å². The Bertz CT molecular complexity index is 775. The number of carbonyl (C=O) groups is 2. The number of carbonyl (C=O) groups excluding carboxylic acids is 2. The summed E-state index contributed by atoms with van der Waals surface area (Å²) in [7, 11) is -3.93. The van der Waals surface area contributed by atoms with E-state index in [1.54, 1.807) is 12.1 Å². The summed E-state index contributed by atoms with van der Waals surface area (Å²) in [5.41, 5.74) is 0.130. The molecule has 0 unspecified atom stereocenters. The van der Waals surface area contributed by atoms with Gasteiger partial charge in [0.2, 0.25) is 5.91 Å². The molecule has 24 heavy (non-hydrogen) atoms. The zero-order valence-electron chi connectivity index (χ0n) is 13.9. The predicted octanol–water partition coefficient (Wildman–Crippen LogP) is 1.77. The topological polar surface area (TPSA) is 83.6 Å². The van der Waals surface area contributed by atoms with Crippen LogP contribution in [0.25, 0.3) is 0 Å². The standard InChI is InChI=1S/C17H22N2O4S/c1-11-6-5-8-14(12(11)2)18-16(20)10-19-17(21)13-7-3-4-9-15(13)24(19,22)23/h3-4,7,9,11-12,14H,5-6,8,10H2,1-2H3,(H,18,20)/t11-,12+,14-/m0/s1. The van der Waals surface area contributed by atoms with Crippen molar-refractivity contribution in [3.8, 4) is 0 Å². The summed E-state index contributed by atoms with van der Waals surface area (Å²) in [6, 6.07) is 6.08. The van der Waals surface area contributed by atoms with E-state index in [0.717, 1.165) is 19.3 Å². The van der Waals surface area contributed by atoms with Crippen molar-refractivity contribution in [1.82, 2.24) is 9.62 Å². The van der Waals surface area contributed by atoms with E-state index < -0.39 is 28.4 Å². The van der Waals surface area contributed by atoms with Crippen molar-refractivity contribution in [3.63, 3.8) is 0 Å².